The van der Waals surface area contributed by atoms with Crippen molar-refractivity contribution in [3.8, 4) is 0 Å². The van der Waals surface area contributed by atoms with Gasteiger partial charge in [-0.3, -0.25) is 9.59 Å². The van der Waals surface area contributed by atoms with Crippen molar-refractivity contribution in [3.63, 3.8) is 0 Å². The van der Waals surface area contributed by atoms with E-state index in [1.165, 1.54) is 6.92 Å². The molecule has 2 unspecified atom stereocenters. The number of ketones is 1. The molecular formula is C14H19NO2S. The van der Waals surface area contributed by atoms with E-state index in [9.17, 15) is 9.59 Å². The average molecular weight is 265 g/mol. The summed E-state index contributed by atoms with van der Waals surface area (Å²) in [5, 5.41) is 2.78. The molecule has 1 N–H and O–H groups in total. The van der Waals surface area contributed by atoms with Crippen molar-refractivity contribution in [1.29, 1.82) is 0 Å². The molecule has 0 heterocycles. The normalized spacial score (nSPS) is 13.8. The van der Waals surface area contributed by atoms with Gasteiger partial charge in [0.2, 0.25) is 5.91 Å². The van der Waals surface area contributed by atoms with Crippen molar-refractivity contribution in [2.45, 2.75) is 32.1 Å². The van der Waals surface area contributed by atoms with Crippen molar-refractivity contribution in [1.82, 2.24) is 5.32 Å². The summed E-state index contributed by atoms with van der Waals surface area (Å²) in [7, 11) is 0. The van der Waals surface area contributed by atoms with Crippen LogP contribution in [0.3, 0.4) is 0 Å². The summed E-state index contributed by atoms with van der Waals surface area (Å²) >= 11 is 1.57. The quantitative estimate of drug-likeness (QED) is 0.832. The Balaban J connectivity index is 2.94. The zero-order chi connectivity index (χ0) is 13.7. The summed E-state index contributed by atoms with van der Waals surface area (Å²) < 4.78 is 0. The highest BCUT2D eigenvalue weighted by Gasteiger charge is 2.26. The van der Waals surface area contributed by atoms with Crippen LogP contribution in [0.4, 0.5) is 0 Å². The lowest BCUT2D eigenvalue weighted by molar-refractivity contribution is -0.119. The van der Waals surface area contributed by atoms with Crippen molar-refractivity contribution < 1.29 is 9.59 Å². The minimum absolute atomic E-state index is 0.0351. The fraction of sp³-hybridized carbons (Fsp3) is 0.429. The summed E-state index contributed by atoms with van der Waals surface area (Å²) in [6.07, 6.45) is 1.93. The summed E-state index contributed by atoms with van der Waals surface area (Å²) in [6.45, 7) is 5.35. The number of benzene rings is 1. The van der Waals surface area contributed by atoms with Crippen molar-refractivity contribution in [3.05, 3.63) is 35.4 Å². The highest BCUT2D eigenvalue weighted by atomic mass is 32.2. The molecule has 4 heteroatoms. The number of rotatable bonds is 5. The van der Waals surface area contributed by atoms with E-state index >= 15 is 0 Å². The molecule has 0 aliphatic heterocycles. The zero-order valence-electron chi connectivity index (χ0n) is 11.2. The molecule has 0 fully saturated rings. The standard InChI is InChI=1S/C14H19NO2S/c1-9-5-7-12(8-6-9)14(17)13(10(2)18-4)15-11(3)16/h5-8,10,13H,1-4H3,(H,15,16). The van der Waals surface area contributed by atoms with Gasteiger partial charge in [0.25, 0.3) is 0 Å². The van der Waals surface area contributed by atoms with Gasteiger partial charge in [-0.05, 0) is 13.2 Å². The fourth-order valence-corrected chi connectivity index (χ4v) is 2.11. The van der Waals surface area contributed by atoms with E-state index in [0.717, 1.165) is 5.56 Å². The van der Waals surface area contributed by atoms with E-state index in [0.29, 0.717) is 5.56 Å². The molecule has 1 rings (SSSR count). The van der Waals surface area contributed by atoms with Gasteiger partial charge in [-0.1, -0.05) is 36.8 Å². The lowest BCUT2D eigenvalue weighted by Gasteiger charge is -2.22. The topological polar surface area (TPSA) is 46.2 Å². The van der Waals surface area contributed by atoms with Gasteiger partial charge >= 0.3 is 0 Å². The first-order chi connectivity index (χ1) is 8.45. The molecule has 0 aromatic heterocycles. The predicted molar refractivity (Wildman–Crippen MR) is 76.1 cm³/mol. The Bertz CT molecular complexity index is 428. The van der Waals surface area contributed by atoms with Gasteiger partial charge in [0.15, 0.2) is 5.78 Å². The second-order valence-corrected chi connectivity index (χ2v) is 5.56. The smallest absolute Gasteiger partial charge is 0.217 e. The molecule has 18 heavy (non-hydrogen) atoms. The van der Waals surface area contributed by atoms with Gasteiger partial charge in [0.05, 0.1) is 0 Å². The molecule has 0 aliphatic carbocycles. The molecule has 0 bridgehead atoms. The molecular weight excluding hydrogens is 246 g/mol. The third-order valence-corrected chi connectivity index (χ3v) is 3.83. The Labute approximate surface area is 112 Å². The van der Waals surface area contributed by atoms with E-state index in [2.05, 4.69) is 5.32 Å². The summed E-state index contributed by atoms with van der Waals surface area (Å²) in [5.41, 5.74) is 1.75. The first kappa shape index (κ1) is 14.8. The average Bonchev–Trinajstić information content (AvgIpc) is 2.35. The molecule has 1 aromatic rings. The molecule has 98 valence electrons. The SMILES string of the molecule is CSC(C)C(NC(C)=O)C(=O)c1ccc(C)cc1. The molecule has 0 saturated carbocycles. The number of aryl methyl sites for hydroxylation is 1. The van der Waals surface area contributed by atoms with Crippen LogP contribution in [-0.4, -0.2) is 29.2 Å². The van der Waals surface area contributed by atoms with E-state index in [-0.39, 0.29) is 16.9 Å². The molecule has 0 radical (unpaired) electrons. The van der Waals surface area contributed by atoms with E-state index in [4.69, 9.17) is 0 Å². The number of amides is 1. The zero-order valence-corrected chi connectivity index (χ0v) is 12.0. The first-order valence-corrected chi connectivity index (χ1v) is 7.15. The van der Waals surface area contributed by atoms with E-state index in [1.807, 2.05) is 32.2 Å². The first-order valence-electron chi connectivity index (χ1n) is 5.86. The second kappa shape index (κ2) is 6.59. The molecule has 1 amide bonds. The lowest BCUT2D eigenvalue weighted by atomic mass is 10.0. The van der Waals surface area contributed by atoms with Crippen LogP contribution < -0.4 is 5.32 Å². The minimum Gasteiger partial charge on any atom is -0.345 e. The number of hydrogen-bond donors (Lipinski definition) is 1. The molecule has 0 spiro atoms. The number of Topliss-reactive ketones (excluding diaryl/α,β-unsaturated/α-hetero) is 1. The number of carbonyl (C=O) groups excluding carboxylic acids is 2. The van der Waals surface area contributed by atoms with Crippen LogP contribution in [0.2, 0.25) is 0 Å². The summed E-state index contributed by atoms with van der Waals surface area (Å²) in [6, 6.07) is 6.95. The van der Waals surface area contributed by atoms with Crippen LogP contribution in [0, 0.1) is 6.92 Å². The van der Waals surface area contributed by atoms with Crippen molar-refractivity contribution >= 4 is 23.5 Å². The lowest BCUT2D eigenvalue weighted by Crippen LogP contribution is -2.45. The van der Waals surface area contributed by atoms with Crippen LogP contribution in [0.5, 0.6) is 0 Å². The maximum absolute atomic E-state index is 12.4. The van der Waals surface area contributed by atoms with Crippen LogP contribution >= 0.6 is 11.8 Å². The highest BCUT2D eigenvalue weighted by molar-refractivity contribution is 7.99. The highest BCUT2D eigenvalue weighted by Crippen LogP contribution is 2.15. The van der Waals surface area contributed by atoms with Crippen LogP contribution in [0.1, 0.15) is 29.8 Å². The molecule has 3 nitrogen and oxygen atoms in total. The predicted octanol–water partition coefficient (Wildman–Crippen LogP) is 2.43. The maximum atomic E-state index is 12.4. The molecule has 1 aromatic carbocycles. The van der Waals surface area contributed by atoms with Gasteiger partial charge in [-0.25, -0.2) is 0 Å². The van der Waals surface area contributed by atoms with Crippen LogP contribution in [0.25, 0.3) is 0 Å². The Hall–Kier alpha value is -1.29. The number of carbonyl (C=O) groups is 2. The van der Waals surface area contributed by atoms with Gasteiger partial charge in [0, 0.05) is 17.7 Å². The van der Waals surface area contributed by atoms with Gasteiger partial charge in [0.1, 0.15) is 6.04 Å². The van der Waals surface area contributed by atoms with Gasteiger partial charge < -0.3 is 5.32 Å². The number of hydrogen-bond acceptors (Lipinski definition) is 3. The van der Waals surface area contributed by atoms with Crippen LogP contribution in [-0.2, 0) is 4.79 Å². The summed E-state index contributed by atoms with van der Waals surface area (Å²) in [4.78, 5) is 23.6. The molecule has 0 aliphatic rings. The van der Waals surface area contributed by atoms with Crippen molar-refractivity contribution in [2.75, 3.05) is 6.26 Å². The second-order valence-electron chi connectivity index (χ2n) is 4.35. The van der Waals surface area contributed by atoms with Gasteiger partial charge in [-0.15, -0.1) is 0 Å². The van der Waals surface area contributed by atoms with Crippen LogP contribution in [0.15, 0.2) is 24.3 Å². The molecule has 2 atom stereocenters. The Kier molecular flexibility index (Phi) is 5.41. The molecule has 0 saturated heterocycles. The van der Waals surface area contributed by atoms with Gasteiger partial charge in [-0.2, -0.15) is 11.8 Å². The number of nitrogens with one attached hydrogen (secondary N) is 1. The summed E-state index contributed by atoms with van der Waals surface area (Å²) in [5.74, 6) is -0.214. The Morgan fingerprint density at radius 2 is 1.78 bits per heavy atom. The monoisotopic (exact) mass is 265 g/mol. The third-order valence-electron chi connectivity index (χ3n) is 2.82. The number of thioether (sulfide) groups is 1. The Morgan fingerprint density at radius 1 is 1.22 bits per heavy atom. The third kappa shape index (κ3) is 3.88. The maximum Gasteiger partial charge on any atom is 0.217 e. The van der Waals surface area contributed by atoms with E-state index < -0.39 is 6.04 Å². The fourth-order valence-electron chi connectivity index (χ4n) is 1.65. The Morgan fingerprint density at radius 3 is 2.22 bits per heavy atom. The van der Waals surface area contributed by atoms with E-state index in [1.54, 1.807) is 23.9 Å². The largest absolute Gasteiger partial charge is 0.345 e. The minimum atomic E-state index is -0.472. The van der Waals surface area contributed by atoms with Crippen molar-refractivity contribution in [2.24, 2.45) is 0 Å².